The maximum atomic E-state index is 12.1. The Kier molecular flexibility index (Phi) is 7.65. The lowest BCUT2D eigenvalue weighted by atomic mass is 10.0. The number of benzene rings is 1. The lowest BCUT2D eigenvalue weighted by molar-refractivity contribution is -0.121. The SMILES string of the molecule is CCN(CC)c1ccc(CNC(=O)CCCOc2ccc3c(c2)CCC(=O)N3)cn1. The lowest BCUT2D eigenvalue weighted by Crippen LogP contribution is -2.24. The fourth-order valence-electron chi connectivity index (χ4n) is 3.42. The third kappa shape index (κ3) is 5.95. The first-order valence-corrected chi connectivity index (χ1v) is 10.6. The Morgan fingerprint density at radius 3 is 2.77 bits per heavy atom. The van der Waals surface area contributed by atoms with Crippen LogP contribution in [0.5, 0.6) is 5.75 Å². The number of carbonyl (C=O) groups excluding carboxylic acids is 2. The molecule has 7 heteroatoms. The van der Waals surface area contributed by atoms with E-state index in [0.717, 1.165) is 47.9 Å². The molecule has 7 nitrogen and oxygen atoms in total. The Hall–Kier alpha value is -3.09. The number of anilines is 2. The van der Waals surface area contributed by atoms with E-state index in [4.69, 9.17) is 4.74 Å². The second-order valence-electron chi connectivity index (χ2n) is 7.29. The summed E-state index contributed by atoms with van der Waals surface area (Å²) in [7, 11) is 0. The molecule has 0 fully saturated rings. The Bertz CT molecular complexity index is 863. The number of aromatic nitrogens is 1. The average Bonchev–Trinajstić information content (AvgIpc) is 2.77. The molecule has 0 saturated carbocycles. The normalized spacial score (nSPS) is 12.7. The van der Waals surface area contributed by atoms with E-state index in [9.17, 15) is 9.59 Å². The van der Waals surface area contributed by atoms with E-state index in [1.54, 1.807) is 0 Å². The van der Waals surface area contributed by atoms with Crippen LogP contribution >= 0.6 is 0 Å². The van der Waals surface area contributed by atoms with Gasteiger partial charge in [-0.15, -0.1) is 0 Å². The number of aryl methyl sites for hydroxylation is 1. The minimum absolute atomic E-state index is 0.000396. The first-order valence-electron chi connectivity index (χ1n) is 10.6. The first-order chi connectivity index (χ1) is 14.6. The largest absolute Gasteiger partial charge is 0.494 e. The fraction of sp³-hybridized carbons (Fsp3) is 0.435. The Morgan fingerprint density at radius 2 is 2.03 bits per heavy atom. The summed E-state index contributed by atoms with van der Waals surface area (Å²) in [5, 5.41) is 5.79. The van der Waals surface area contributed by atoms with Gasteiger partial charge in [0.15, 0.2) is 0 Å². The molecule has 0 aliphatic carbocycles. The zero-order valence-electron chi connectivity index (χ0n) is 17.7. The van der Waals surface area contributed by atoms with Crippen molar-refractivity contribution in [1.82, 2.24) is 10.3 Å². The number of pyridine rings is 1. The number of ether oxygens (including phenoxy) is 1. The van der Waals surface area contributed by atoms with Crippen LogP contribution < -0.4 is 20.3 Å². The summed E-state index contributed by atoms with van der Waals surface area (Å²) in [6, 6.07) is 9.67. The molecule has 3 rings (SSSR count). The third-order valence-corrected chi connectivity index (χ3v) is 5.18. The lowest BCUT2D eigenvalue weighted by Gasteiger charge is -2.19. The summed E-state index contributed by atoms with van der Waals surface area (Å²) >= 11 is 0. The van der Waals surface area contributed by atoms with Crippen molar-refractivity contribution in [3.63, 3.8) is 0 Å². The van der Waals surface area contributed by atoms with Gasteiger partial charge in [-0.25, -0.2) is 4.98 Å². The second-order valence-corrected chi connectivity index (χ2v) is 7.29. The molecular formula is C23H30N4O3. The van der Waals surface area contributed by atoms with Gasteiger partial charge in [0.2, 0.25) is 11.8 Å². The van der Waals surface area contributed by atoms with Crippen molar-refractivity contribution in [3.05, 3.63) is 47.7 Å². The second kappa shape index (κ2) is 10.6. The van der Waals surface area contributed by atoms with Crippen molar-refractivity contribution >= 4 is 23.3 Å². The molecule has 1 aromatic heterocycles. The van der Waals surface area contributed by atoms with Crippen LogP contribution in [0.15, 0.2) is 36.5 Å². The molecule has 0 spiro atoms. The van der Waals surface area contributed by atoms with Crippen molar-refractivity contribution in [3.8, 4) is 5.75 Å². The molecule has 30 heavy (non-hydrogen) atoms. The zero-order valence-corrected chi connectivity index (χ0v) is 17.7. The molecule has 0 unspecified atom stereocenters. The molecule has 2 amide bonds. The molecule has 2 N–H and O–H groups in total. The van der Waals surface area contributed by atoms with Gasteiger partial charge in [-0.3, -0.25) is 9.59 Å². The summed E-state index contributed by atoms with van der Waals surface area (Å²) in [5.74, 6) is 1.78. The van der Waals surface area contributed by atoms with Crippen LogP contribution in [0.25, 0.3) is 0 Å². The average molecular weight is 411 g/mol. The number of nitrogens with zero attached hydrogens (tertiary/aromatic N) is 2. The maximum absolute atomic E-state index is 12.1. The molecule has 1 aliphatic heterocycles. The molecule has 0 bridgehead atoms. The topological polar surface area (TPSA) is 83.6 Å². The van der Waals surface area contributed by atoms with Crippen LogP contribution in [0.2, 0.25) is 0 Å². The van der Waals surface area contributed by atoms with E-state index in [1.165, 1.54) is 0 Å². The third-order valence-electron chi connectivity index (χ3n) is 5.18. The highest BCUT2D eigenvalue weighted by molar-refractivity contribution is 5.94. The highest BCUT2D eigenvalue weighted by atomic mass is 16.5. The van der Waals surface area contributed by atoms with Gasteiger partial charge in [0, 0.05) is 44.4 Å². The summed E-state index contributed by atoms with van der Waals surface area (Å²) in [4.78, 5) is 30.1. The summed E-state index contributed by atoms with van der Waals surface area (Å²) in [6.45, 7) is 7.00. The van der Waals surface area contributed by atoms with Crippen LogP contribution in [0.3, 0.4) is 0 Å². The predicted molar refractivity (Wildman–Crippen MR) is 118 cm³/mol. The van der Waals surface area contributed by atoms with Gasteiger partial charge in [-0.2, -0.15) is 0 Å². The van der Waals surface area contributed by atoms with Crippen molar-refractivity contribution < 1.29 is 14.3 Å². The van der Waals surface area contributed by atoms with Crippen molar-refractivity contribution in [1.29, 1.82) is 0 Å². The predicted octanol–water partition coefficient (Wildman–Crippen LogP) is 3.29. The van der Waals surface area contributed by atoms with E-state index >= 15 is 0 Å². The maximum Gasteiger partial charge on any atom is 0.224 e. The minimum atomic E-state index is -0.000396. The number of hydrogen-bond acceptors (Lipinski definition) is 5. The van der Waals surface area contributed by atoms with Crippen LogP contribution in [-0.4, -0.2) is 36.5 Å². The molecule has 2 heterocycles. The van der Waals surface area contributed by atoms with E-state index < -0.39 is 0 Å². The van der Waals surface area contributed by atoms with Crippen LogP contribution in [-0.2, 0) is 22.6 Å². The van der Waals surface area contributed by atoms with Gasteiger partial charge in [-0.05, 0) is 62.1 Å². The number of fused-ring (bicyclic) bond motifs is 1. The highest BCUT2D eigenvalue weighted by Crippen LogP contribution is 2.26. The summed E-state index contributed by atoms with van der Waals surface area (Å²) in [5.41, 5.74) is 2.93. The van der Waals surface area contributed by atoms with Gasteiger partial charge < -0.3 is 20.3 Å². The number of carbonyl (C=O) groups is 2. The molecule has 0 saturated heterocycles. The van der Waals surface area contributed by atoms with E-state index in [0.29, 0.717) is 32.4 Å². The van der Waals surface area contributed by atoms with E-state index in [1.807, 2.05) is 36.5 Å². The summed E-state index contributed by atoms with van der Waals surface area (Å²) in [6.07, 6.45) is 4.09. The molecular weight excluding hydrogens is 380 g/mol. The quantitative estimate of drug-likeness (QED) is 0.587. The smallest absolute Gasteiger partial charge is 0.224 e. The van der Waals surface area contributed by atoms with E-state index in [-0.39, 0.29) is 11.8 Å². The monoisotopic (exact) mass is 410 g/mol. The van der Waals surface area contributed by atoms with Crippen LogP contribution in [0.1, 0.15) is 44.2 Å². The molecule has 0 radical (unpaired) electrons. The Labute approximate surface area is 177 Å². The number of amides is 2. The Morgan fingerprint density at radius 1 is 1.20 bits per heavy atom. The minimum Gasteiger partial charge on any atom is -0.494 e. The number of nitrogens with one attached hydrogen (secondary N) is 2. The van der Waals surface area contributed by atoms with Gasteiger partial charge in [-0.1, -0.05) is 6.07 Å². The molecule has 1 aliphatic rings. The van der Waals surface area contributed by atoms with Crippen molar-refractivity contribution in [2.45, 2.75) is 46.1 Å². The molecule has 0 atom stereocenters. The highest BCUT2D eigenvalue weighted by Gasteiger charge is 2.15. The fourth-order valence-corrected chi connectivity index (χ4v) is 3.42. The number of rotatable bonds is 10. The number of hydrogen-bond donors (Lipinski definition) is 2. The first kappa shape index (κ1) is 21.6. The van der Waals surface area contributed by atoms with Crippen molar-refractivity contribution in [2.75, 3.05) is 29.9 Å². The van der Waals surface area contributed by atoms with E-state index in [2.05, 4.69) is 34.4 Å². The van der Waals surface area contributed by atoms with Gasteiger partial charge >= 0.3 is 0 Å². The molecule has 2 aromatic rings. The molecule has 160 valence electrons. The summed E-state index contributed by atoms with van der Waals surface area (Å²) < 4.78 is 5.76. The van der Waals surface area contributed by atoms with Gasteiger partial charge in [0.05, 0.1) is 6.61 Å². The van der Waals surface area contributed by atoms with Gasteiger partial charge in [0.1, 0.15) is 11.6 Å². The zero-order chi connectivity index (χ0) is 21.3. The standard InChI is InChI=1S/C23H30N4O3/c1-3-27(4-2)21-11-7-17(15-24-21)16-25-22(28)6-5-13-30-19-9-10-20-18(14-19)8-12-23(29)26-20/h7,9-11,14-15H,3-6,8,12-13,16H2,1-2H3,(H,25,28)(H,26,29). The van der Waals surface area contributed by atoms with Crippen molar-refractivity contribution in [2.24, 2.45) is 0 Å². The van der Waals surface area contributed by atoms with Gasteiger partial charge in [0.25, 0.3) is 0 Å². The van der Waals surface area contributed by atoms with Crippen LogP contribution in [0, 0.1) is 0 Å². The Balaban J connectivity index is 1.36. The molecule has 1 aromatic carbocycles. The van der Waals surface area contributed by atoms with Crippen LogP contribution in [0.4, 0.5) is 11.5 Å².